The van der Waals surface area contributed by atoms with Crippen molar-refractivity contribution >= 4 is 6.09 Å². The van der Waals surface area contributed by atoms with E-state index in [-0.39, 0.29) is 12.2 Å². The van der Waals surface area contributed by atoms with E-state index in [4.69, 9.17) is 4.74 Å². The molecule has 0 aromatic carbocycles. The quantitative estimate of drug-likeness (QED) is 0.850. The summed E-state index contributed by atoms with van der Waals surface area (Å²) in [5.41, 5.74) is 1.00. The number of ether oxygens (including phenoxy) is 1. The Labute approximate surface area is 96.0 Å². The highest BCUT2D eigenvalue weighted by Gasteiger charge is 2.12. The molecular weight excluding hydrogens is 204 g/mol. The second-order valence-electron chi connectivity index (χ2n) is 4.06. The molecule has 0 radical (unpaired) electrons. The van der Waals surface area contributed by atoms with Crippen LogP contribution >= 0.6 is 0 Å². The zero-order valence-electron chi connectivity index (χ0n) is 9.93. The molecule has 0 unspecified atom stereocenters. The third-order valence-corrected chi connectivity index (χ3v) is 2.42. The number of nitrogens with zero attached hydrogens (tertiary/aromatic N) is 1. The van der Waals surface area contributed by atoms with Crippen LogP contribution in [0.2, 0.25) is 0 Å². The molecule has 0 saturated heterocycles. The van der Waals surface area contributed by atoms with Crippen molar-refractivity contribution in [3.8, 4) is 0 Å². The van der Waals surface area contributed by atoms with Gasteiger partial charge in [-0.25, -0.2) is 4.79 Å². The molecule has 4 heteroatoms. The van der Waals surface area contributed by atoms with E-state index in [1.165, 1.54) is 0 Å². The molecule has 1 amide bonds. The summed E-state index contributed by atoms with van der Waals surface area (Å²) in [4.78, 5) is 15.3. The normalized spacial score (nSPS) is 12.2. The Bertz CT molecular complexity index is 325. The van der Waals surface area contributed by atoms with Crippen LogP contribution in [-0.2, 0) is 11.3 Å². The van der Waals surface area contributed by atoms with Gasteiger partial charge in [0.05, 0.1) is 0 Å². The van der Waals surface area contributed by atoms with Crippen LogP contribution in [-0.4, -0.2) is 17.2 Å². The Kier molecular flexibility index (Phi) is 4.76. The Morgan fingerprint density at radius 2 is 2.00 bits per heavy atom. The molecule has 1 atom stereocenters. The Hall–Kier alpha value is -1.58. The van der Waals surface area contributed by atoms with Crippen molar-refractivity contribution < 1.29 is 9.53 Å². The number of nitrogens with one attached hydrogen (secondary N) is 1. The standard InChI is InChI=1S/C12H18N2O2/c1-9(2)10(3)16-12(15)14-8-11-4-6-13-7-5-11/h4-7,9-10H,8H2,1-3H3,(H,14,15)/t10-/m1/s1. The van der Waals surface area contributed by atoms with Crippen molar-refractivity contribution in [2.45, 2.75) is 33.4 Å². The van der Waals surface area contributed by atoms with Gasteiger partial charge in [-0.15, -0.1) is 0 Å². The van der Waals surface area contributed by atoms with Crippen LogP contribution in [0.15, 0.2) is 24.5 Å². The summed E-state index contributed by atoms with van der Waals surface area (Å²) in [6.07, 6.45) is 2.94. The smallest absolute Gasteiger partial charge is 0.407 e. The van der Waals surface area contributed by atoms with E-state index in [1.54, 1.807) is 12.4 Å². The summed E-state index contributed by atoms with van der Waals surface area (Å²) in [6.45, 7) is 6.38. The van der Waals surface area contributed by atoms with Gasteiger partial charge in [-0.2, -0.15) is 0 Å². The molecule has 1 aromatic rings. The number of hydrogen-bond donors (Lipinski definition) is 1. The number of rotatable bonds is 4. The average molecular weight is 222 g/mol. The number of amides is 1. The van der Waals surface area contributed by atoms with Gasteiger partial charge in [0.25, 0.3) is 0 Å². The lowest BCUT2D eigenvalue weighted by molar-refractivity contribution is 0.0818. The fourth-order valence-corrected chi connectivity index (χ4v) is 1.02. The molecule has 16 heavy (non-hydrogen) atoms. The number of carbonyl (C=O) groups excluding carboxylic acids is 1. The Balaban J connectivity index is 2.31. The van der Waals surface area contributed by atoms with Gasteiger partial charge in [-0.05, 0) is 30.5 Å². The van der Waals surface area contributed by atoms with Crippen LogP contribution in [0.3, 0.4) is 0 Å². The SMILES string of the molecule is CC(C)[C@@H](C)OC(=O)NCc1ccncc1. The minimum atomic E-state index is -0.377. The van der Waals surface area contributed by atoms with Crippen molar-refractivity contribution in [3.63, 3.8) is 0 Å². The second-order valence-corrected chi connectivity index (χ2v) is 4.06. The maximum Gasteiger partial charge on any atom is 0.407 e. The first kappa shape index (κ1) is 12.5. The third-order valence-electron chi connectivity index (χ3n) is 2.42. The summed E-state index contributed by atoms with van der Waals surface area (Å²) in [7, 11) is 0. The molecule has 0 aliphatic heterocycles. The average Bonchev–Trinajstić information content (AvgIpc) is 2.27. The van der Waals surface area contributed by atoms with Gasteiger partial charge < -0.3 is 10.1 Å². The van der Waals surface area contributed by atoms with Crippen molar-refractivity contribution in [1.82, 2.24) is 10.3 Å². The largest absolute Gasteiger partial charge is 0.446 e. The first-order valence-corrected chi connectivity index (χ1v) is 5.43. The molecular formula is C12H18N2O2. The molecule has 0 saturated carbocycles. The van der Waals surface area contributed by atoms with E-state index >= 15 is 0 Å². The summed E-state index contributed by atoms with van der Waals surface area (Å²) in [5.74, 6) is 0.326. The minimum Gasteiger partial charge on any atom is -0.446 e. The predicted octanol–water partition coefficient (Wildman–Crippen LogP) is 2.35. The van der Waals surface area contributed by atoms with E-state index in [0.717, 1.165) is 5.56 Å². The van der Waals surface area contributed by atoms with Crippen molar-refractivity contribution in [1.29, 1.82) is 0 Å². The van der Waals surface area contributed by atoms with Crippen LogP contribution in [0.4, 0.5) is 4.79 Å². The van der Waals surface area contributed by atoms with E-state index in [9.17, 15) is 4.79 Å². The van der Waals surface area contributed by atoms with Gasteiger partial charge >= 0.3 is 6.09 Å². The van der Waals surface area contributed by atoms with Gasteiger partial charge in [0.1, 0.15) is 6.10 Å². The van der Waals surface area contributed by atoms with Crippen LogP contribution in [0.1, 0.15) is 26.3 Å². The molecule has 0 aliphatic carbocycles. The molecule has 0 spiro atoms. The van der Waals surface area contributed by atoms with E-state index in [1.807, 2.05) is 32.9 Å². The van der Waals surface area contributed by atoms with Crippen molar-refractivity contribution in [2.24, 2.45) is 5.92 Å². The number of hydrogen-bond acceptors (Lipinski definition) is 3. The summed E-state index contributed by atoms with van der Waals surface area (Å²) in [6, 6.07) is 3.71. The summed E-state index contributed by atoms with van der Waals surface area (Å²) >= 11 is 0. The zero-order chi connectivity index (χ0) is 12.0. The van der Waals surface area contributed by atoms with Gasteiger partial charge in [0, 0.05) is 18.9 Å². The highest BCUT2D eigenvalue weighted by Crippen LogP contribution is 2.05. The highest BCUT2D eigenvalue weighted by atomic mass is 16.6. The maximum atomic E-state index is 11.4. The van der Waals surface area contributed by atoms with E-state index in [2.05, 4.69) is 10.3 Å². The molecule has 1 heterocycles. The van der Waals surface area contributed by atoms with Crippen molar-refractivity contribution in [2.75, 3.05) is 0 Å². The molecule has 4 nitrogen and oxygen atoms in total. The molecule has 0 aliphatic rings. The van der Waals surface area contributed by atoms with Crippen LogP contribution in [0.25, 0.3) is 0 Å². The molecule has 1 aromatic heterocycles. The lowest BCUT2D eigenvalue weighted by Gasteiger charge is -2.16. The topological polar surface area (TPSA) is 51.2 Å². The summed E-state index contributed by atoms with van der Waals surface area (Å²) < 4.78 is 5.17. The minimum absolute atomic E-state index is 0.0718. The molecule has 1 rings (SSSR count). The Morgan fingerprint density at radius 3 is 2.56 bits per heavy atom. The fraction of sp³-hybridized carbons (Fsp3) is 0.500. The lowest BCUT2D eigenvalue weighted by atomic mass is 10.1. The van der Waals surface area contributed by atoms with Crippen LogP contribution < -0.4 is 5.32 Å². The first-order valence-electron chi connectivity index (χ1n) is 5.43. The number of carbonyl (C=O) groups is 1. The first-order chi connectivity index (χ1) is 7.59. The monoisotopic (exact) mass is 222 g/mol. The van der Waals surface area contributed by atoms with E-state index in [0.29, 0.717) is 12.5 Å². The molecule has 88 valence electrons. The maximum absolute atomic E-state index is 11.4. The van der Waals surface area contributed by atoms with Gasteiger partial charge in [0.15, 0.2) is 0 Å². The summed E-state index contributed by atoms with van der Waals surface area (Å²) in [5, 5.41) is 2.70. The third kappa shape index (κ3) is 4.29. The van der Waals surface area contributed by atoms with Gasteiger partial charge in [-0.3, -0.25) is 4.98 Å². The lowest BCUT2D eigenvalue weighted by Crippen LogP contribution is -2.29. The van der Waals surface area contributed by atoms with E-state index < -0.39 is 0 Å². The number of pyridine rings is 1. The fourth-order valence-electron chi connectivity index (χ4n) is 1.02. The van der Waals surface area contributed by atoms with Gasteiger partial charge in [0.2, 0.25) is 0 Å². The Morgan fingerprint density at radius 1 is 1.38 bits per heavy atom. The van der Waals surface area contributed by atoms with Gasteiger partial charge in [-0.1, -0.05) is 13.8 Å². The number of alkyl carbamates (subject to hydrolysis) is 1. The molecule has 0 fully saturated rings. The molecule has 1 N–H and O–H groups in total. The van der Waals surface area contributed by atoms with Crippen LogP contribution in [0.5, 0.6) is 0 Å². The van der Waals surface area contributed by atoms with Crippen LogP contribution in [0, 0.1) is 5.92 Å². The van der Waals surface area contributed by atoms with Crippen molar-refractivity contribution in [3.05, 3.63) is 30.1 Å². The predicted molar refractivity (Wildman–Crippen MR) is 61.9 cm³/mol. The molecule has 0 bridgehead atoms. The second kappa shape index (κ2) is 6.10. The highest BCUT2D eigenvalue weighted by molar-refractivity contribution is 5.67. The zero-order valence-corrected chi connectivity index (χ0v) is 9.93. The number of aromatic nitrogens is 1.